The number of alkyl halides is 3. The molecule has 150 valence electrons. The maximum Gasteiger partial charge on any atom is 0.416 e. The molecule has 0 spiro atoms. The molecule has 2 aromatic rings. The Morgan fingerprint density at radius 2 is 1.71 bits per heavy atom. The van der Waals surface area contributed by atoms with Gasteiger partial charge < -0.3 is 15.7 Å². The molecule has 1 atom stereocenters. The SMILES string of the molecule is Cc1cc(NC(=O)C(C)(O)CNc2ccc(C(F)(F)F)cc2)ccc1[N+](=O)[O-]. The van der Waals surface area contributed by atoms with Crippen molar-refractivity contribution >= 4 is 23.0 Å². The van der Waals surface area contributed by atoms with E-state index in [1.807, 2.05) is 0 Å². The number of aryl methyl sites for hydroxylation is 1. The van der Waals surface area contributed by atoms with Crippen LogP contribution in [0.3, 0.4) is 0 Å². The number of anilines is 2. The van der Waals surface area contributed by atoms with Gasteiger partial charge in [-0.1, -0.05) is 0 Å². The van der Waals surface area contributed by atoms with Gasteiger partial charge in [0.25, 0.3) is 11.6 Å². The van der Waals surface area contributed by atoms with Crippen LogP contribution in [-0.2, 0) is 11.0 Å². The summed E-state index contributed by atoms with van der Waals surface area (Å²) in [5, 5.41) is 26.3. The number of carbonyl (C=O) groups is 1. The van der Waals surface area contributed by atoms with Gasteiger partial charge in [-0.05, 0) is 50.2 Å². The quantitative estimate of drug-likeness (QED) is 0.509. The van der Waals surface area contributed by atoms with Crippen LogP contribution in [-0.4, -0.2) is 28.1 Å². The van der Waals surface area contributed by atoms with Crippen molar-refractivity contribution in [1.82, 2.24) is 0 Å². The minimum absolute atomic E-state index is 0.103. The van der Waals surface area contributed by atoms with Crippen molar-refractivity contribution in [1.29, 1.82) is 0 Å². The predicted octanol–water partition coefficient (Wildman–Crippen LogP) is 3.72. The Morgan fingerprint density at radius 3 is 2.21 bits per heavy atom. The summed E-state index contributed by atoms with van der Waals surface area (Å²) < 4.78 is 37.7. The van der Waals surface area contributed by atoms with Gasteiger partial charge in [-0.2, -0.15) is 13.2 Å². The van der Waals surface area contributed by atoms with Crippen LogP contribution in [0.1, 0.15) is 18.1 Å². The predicted molar refractivity (Wildman–Crippen MR) is 97.0 cm³/mol. The van der Waals surface area contributed by atoms with Crippen molar-refractivity contribution < 1.29 is 28.0 Å². The molecule has 0 fully saturated rings. The molecule has 0 aliphatic rings. The van der Waals surface area contributed by atoms with Crippen molar-refractivity contribution in [2.75, 3.05) is 17.2 Å². The standard InChI is InChI=1S/C18H18F3N3O4/c1-11-9-14(7-8-15(11)24(27)28)23-16(25)17(2,26)10-22-13-5-3-12(4-6-13)18(19,20)21/h3-9,22,26H,10H2,1-2H3,(H,23,25). The summed E-state index contributed by atoms with van der Waals surface area (Å²) in [6.45, 7) is 2.48. The fourth-order valence-corrected chi connectivity index (χ4v) is 2.34. The van der Waals surface area contributed by atoms with Crippen molar-refractivity contribution in [3.05, 3.63) is 63.7 Å². The van der Waals surface area contributed by atoms with Gasteiger partial charge in [0.15, 0.2) is 5.60 Å². The molecular formula is C18H18F3N3O4. The minimum Gasteiger partial charge on any atom is -0.382 e. The molecule has 2 rings (SSSR count). The van der Waals surface area contributed by atoms with E-state index in [2.05, 4.69) is 10.6 Å². The normalized spacial score (nSPS) is 13.5. The molecule has 10 heteroatoms. The van der Waals surface area contributed by atoms with E-state index >= 15 is 0 Å². The van der Waals surface area contributed by atoms with Gasteiger partial charge in [0.05, 0.1) is 17.0 Å². The fourth-order valence-electron chi connectivity index (χ4n) is 2.34. The lowest BCUT2D eigenvalue weighted by Gasteiger charge is -2.23. The fraction of sp³-hybridized carbons (Fsp3) is 0.278. The van der Waals surface area contributed by atoms with Gasteiger partial charge >= 0.3 is 6.18 Å². The van der Waals surface area contributed by atoms with Crippen LogP contribution in [0.5, 0.6) is 0 Å². The van der Waals surface area contributed by atoms with Crippen LogP contribution in [0, 0.1) is 17.0 Å². The Balaban J connectivity index is 2.01. The number of carbonyl (C=O) groups excluding carboxylic acids is 1. The van der Waals surface area contributed by atoms with E-state index in [-0.39, 0.29) is 17.9 Å². The summed E-state index contributed by atoms with van der Waals surface area (Å²) >= 11 is 0. The lowest BCUT2D eigenvalue weighted by Crippen LogP contribution is -2.45. The summed E-state index contributed by atoms with van der Waals surface area (Å²) in [7, 11) is 0. The number of hydrogen-bond donors (Lipinski definition) is 3. The number of halogens is 3. The molecule has 0 radical (unpaired) electrons. The van der Waals surface area contributed by atoms with Gasteiger partial charge in [-0.25, -0.2) is 0 Å². The Hall–Kier alpha value is -3.14. The molecule has 2 aromatic carbocycles. The van der Waals surface area contributed by atoms with E-state index in [0.717, 1.165) is 12.1 Å². The maximum absolute atomic E-state index is 12.6. The van der Waals surface area contributed by atoms with Crippen LogP contribution < -0.4 is 10.6 Å². The van der Waals surface area contributed by atoms with Crippen molar-refractivity contribution in [2.45, 2.75) is 25.6 Å². The third-order valence-corrected chi connectivity index (χ3v) is 3.99. The third-order valence-electron chi connectivity index (χ3n) is 3.99. The molecule has 0 bridgehead atoms. The highest BCUT2D eigenvalue weighted by Gasteiger charge is 2.31. The second-order valence-electron chi connectivity index (χ2n) is 6.42. The molecule has 1 unspecified atom stereocenters. The molecule has 0 saturated carbocycles. The number of nitro groups is 1. The second kappa shape index (κ2) is 7.85. The van der Waals surface area contributed by atoms with Crippen molar-refractivity contribution in [3.8, 4) is 0 Å². The average Bonchev–Trinajstić information content (AvgIpc) is 2.59. The summed E-state index contributed by atoms with van der Waals surface area (Å²) in [5.74, 6) is -0.778. The first-order chi connectivity index (χ1) is 12.9. The highest BCUT2D eigenvalue weighted by atomic mass is 19.4. The van der Waals surface area contributed by atoms with Crippen LogP contribution in [0.15, 0.2) is 42.5 Å². The molecule has 0 saturated heterocycles. The number of nitrogens with one attached hydrogen (secondary N) is 2. The first kappa shape index (κ1) is 21.2. The molecule has 3 N–H and O–H groups in total. The van der Waals surface area contributed by atoms with E-state index in [1.165, 1.54) is 44.2 Å². The zero-order valence-electron chi connectivity index (χ0n) is 15.0. The zero-order valence-corrected chi connectivity index (χ0v) is 15.0. The van der Waals surface area contributed by atoms with Gasteiger partial charge in [-0.3, -0.25) is 14.9 Å². The number of hydrogen-bond acceptors (Lipinski definition) is 5. The first-order valence-electron chi connectivity index (χ1n) is 8.10. The van der Waals surface area contributed by atoms with Crippen LogP contribution >= 0.6 is 0 Å². The van der Waals surface area contributed by atoms with Crippen LogP contribution in [0.4, 0.5) is 30.2 Å². The molecule has 0 aliphatic carbocycles. The number of aliphatic hydroxyl groups is 1. The summed E-state index contributed by atoms with van der Waals surface area (Å²) in [6, 6.07) is 8.12. The van der Waals surface area contributed by atoms with Crippen LogP contribution in [0.2, 0.25) is 0 Å². The highest BCUT2D eigenvalue weighted by Crippen LogP contribution is 2.30. The molecule has 0 heterocycles. The van der Waals surface area contributed by atoms with Crippen molar-refractivity contribution in [2.24, 2.45) is 0 Å². The van der Waals surface area contributed by atoms with Crippen molar-refractivity contribution in [3.63, 3.8) is 0 Å². The van der Waals surface area contributed by atoms with Gasteiger partial charge in [0.1, 0.15) is 0 Å². The molecule has 7 nitrogen and oxygen atoms in total. The van der Waals surface area contributed by atoms with Gasteiger partial charge in [0.2, 0.25) is 0 Å². The van der Waals surface area contributed by atoms with E-state index in [4.69, 9.17) is 0 Å². The maximum atomic E-state index is 12.6. The Kier molecular flexibility index (Phi) is 5.93. The number of benzene rings is 2. The Labute approximate surface area is 158 Å². The molecule has 0 aromatic heterocycles. The number of nitro benzene ring substituents is 1. The topological polar surface area (TPSA) is 104 Å². The minimum atomic E-state index is -4.45. The second-order valence-corrected chi connectivity index (χ2v) is 6.42. The van der Waals surface area contributed by atoms with Gasteiger partial charge in [-0.15, -0.1) is 0 Å². The summed E-state index contributed by atoms with van der Waals surface area (Å²) in [6.07, 6.45) is -4.45. The van der Waals surface area contributed by atoms with E-state index in [1.54, 1.807) is 0 Å². The molecule has 0 aliphatic heterocycles. The molecule has 28 heavy (non-hydrogen) atoms. The summed E-state index contributed by atoms with van der Waals surface area (Å²) in [5.41, 5.74) is -1.90. The lowest BCUT2D eigenvalue weighted by molar-refractivity contribution is -0.385. The number of nitrogens with zero attached hydrogens (tertiary/aromatic N) is 1. The zero-order chi connectivity index (χ0) is 21.1. The number of amides is 1. The Morgan fingerprint density at radius 1 is 1.14 bits per heavy atom. The van der Waals surface area contributed by atoms with E-state index < -0.39 is 28.2 Å². The smallest absolute Gasteiger partial charge is 0.382 e. The third kappa shape index (κ3) is 5.19. The highest BCUT2D eigenvalue weighted by molar-refractivity contribution is 5.97. The van der Waals surface area contributed by atoms with E-state index in [9.17, 15) is 33.2 Å². The van der Waals surface area contributed by atoms with E-state index in [0.29, 0.717) is 11.3 Å². The average molecular weight is 397 g/mol. The van der Waals surface area contributed by atoms with Gasteiger partial charge in [0, 0.05) is 23.0 Å². The first-order valence-corrected chi connectivity index (χ1v) is 8.10. The Bertz CT molecular complexity index is 881. The lowest BCUT2D eigenvalue weighted by atomic mass is 10.1. The molecule has 1 amide bonds. The monoisotopic (exact) mass is 397 g/mol. The van der Waals surface area contributed by atoms with Crippen LogP contribution in [0.25, 0.3) is 0 Å². The largest absolute Gasteiger partial charge is 0.416 e. The molecular weight excluding hydrogens is 379 g/mol. The number of rotatable bonds is 6. The summed E-state index contributed by atoms with van der Waals surface area (Å²) in [4.78, 5) is 22.6.